The molecule has 2 atom stereocenters. The van der Waals surface area contributed by atoms with Gasteiger partial charge in [0, 0.05) is 10.6 Å². The van der Waals surface area contributed by atoms with Gasteiger partial charge < -0.3 is 14.8 Å². The molecule has 1 aromatic heterocycles. The Morgan fingerprint density at radius 1 is 0.680 bits per heavy atom. The van der Waals surface area contributed by atoms with Crippen molar-refractivity contribution in [3.8, 4) is 0 Å². The minimum atomic E-state index is -0.867. The highest BCUT2D eigenvalue weighted by atomic mass is 32.2. The summed E-state index contributed by atoms with van der Waals surface area (Å²) >= 11 is 2.75. The lowest BCUT2D eigenvalue weighted by Gasteiger charge is -2.49. The van der Waals surface area contributed by atoms with Gasteiger partial charge in [-0.25, -0.2) is 9.59 Å². The third-order valence-corrected chi connectivity index (χ3v) is 10.7. The molecule has 1 fully saturated rings. The van der Waals surface area contributed by atoms with Crippen molar-refractivity contribution in [3.63, 3.8) is 0 Å². The summed E-state index contributed by atoms with van der Waals surface area (Å²) in [5.41, 5.74) is 2.79. The number of esters is 2. The number of carbonyl (C=O) groups is 4. The van der Waals surface area contributed by atoms with E-state index in [0.717, 1.165) is 27.1 Å². The Morgan fingerprint density at radius 3 is 1.62 bits per heavy atom. The number of benzene rings is 4. The molecule has 3 heterocycles. The van der Waals surface area contributed by atoms with Crippen LogP contribution in [-0.4, -0.2) is 45.8 Å². The summed E-state index contributed by atoms with van der Waals surface area (Å²) in [6.45, 7) is 0. The summed E-state index contributed by atoms with van der Waals surface area (Å²) in [5, 5.41) is 4.11. The highest BCUT2D eigenvalue weighted by molar-refractivity contribution is 8.00. The number of nitrogens with one attached hydrogen (secondary N) is 1. The molecule has 7 rings (SSSR count). The van der Waals surface area contributed by atoms with Crippen molar-refractivity contribution in [2.45, 2.75) is 30.0 Å². The molecular weight excluding hydrogens is 669 g/mol. The van der Waals surface area contributed by atoms with Gasteiger partial charge in [0.2, 0.25) is 5.91 Å². The average molecular weight is 701 g/mol. The van der Waals surface area contributed by atoms with Gasteiger partial charge >= 0.3 is 11.9 Å². The number of rotatable bonds is 11. The van der Waals surface area contributed by atoms with Crippen LogP contribution in [-0.2, 0) is 35.1 Å². The SMILES string of the molecule is O=C(Cc1cccs1)NC1C(=O)N2C(C(=O)OC(c3ccccc3)c3ccccc3)=C(C(=O)OC(c3ccccc3)c3ccccc3)CS[C@@H]12. The molecule has 0 spiro atoms. The van der Waals surface area contributed by atoms with Crippen LogP contribution in [0.4, 0.5) is 0 Å². The number of ether oxygens (including phenoxy) is 2. The summed E-state index contributed by atoms with van der Waals surface area (Å²) in [6, 6.07) is 40.1. The Morgan fingerprint density at radius 2 is 1.16 bits per heavy atom. The van der Waals surface area contributed by atoms with Crippen LogP contribution in [0.3, 0.4) is 0 Å². The van der Waals surface area contributed by atoms with Crippen molar-refractivity contribution in [3.05, 3.63) is 177 Å². The molecule has 0 saturated carbocycles. The van der Waals surface area contributed by atoms with Crippen LogP contribution in [0.2, 0.25) is 0 Å². The first kappa shape index (κ1) is 33.1. The second-order valence-electron chi connectivity index (χ2n) is 11.8. The fraction of sp³-hybridized carbons (Fsp3) is 0.150. The van der Waals surface area contributed by atoms with E-state index in [-0.39, 0.29) is 29.4 Å². The van der Waals surface area contributed by atoms with Crippen LogP contribution < -0.4 is 5.32 Å². The van der Waals surface area contributed by atoms with Crippen molar-refractivity contribution in [2.24, 2.45) is 0 Å². The van der Waals surface area contributed by atoms with E-state index in [1.165, 1.54) is 28.0 Å². The third-order valence-electron chi connectivity index (χ3n) is 8.50. The number of amides is 2. The van der Waals surface area contributed by atoms with Crippen molar-refractivity contribution in [2.75, 3.05) is 5.75 Å². The lowest BCUT2D eigenvalue weighted by atomic mass is 10.00. The van der Waals surface area contributed by atoms with E-state index in [1.54, 1.807) is 0 Å². The van der Waals surface area contributed by atoms with Gasteiger partial charge in [0.25, 0.3) is 5.91 Å². The van der Waals surface area contributed by atoms with Gasteiger partial charge in [-0.2, -0.15) is 0 Å². The summed E-state index contributed by atoms with van der Waals surface area (Å²) < 4.78 is 12.4. The van der Waals surface area contributed by atoms with Crippen LogP contribution in [0.25, 0.3) is 0 Å². The molecule has 8 nitrogen and oxygen atoms in total. The molecule has 0 aliphatic carbocycles. The molecular formula is C40H32N2O6S2. The number of hydrogen-bond acceptors (Lipinski definition) is 8. The molecule has 2 aliphatic rings. The smallest absolute Gasteiger partial charge is 0.356 e. The zero-order valence-electron chi connectivity index (χ0n) is 26.7. The average Bonchev–Trinajstić information content (AvgIpc) is 3.68. The first-order valence-electron chi connectivity index (χ1n) is 16.1. The van der Waals surface area contributed by atoms with Crippen LogP contribution in [0, 0.1) is 0 Å². The number of β-lactam (4-membered cyclic amide) rings is 1. The van der Waals surface area contributed by atoms with E-state index in [0.29, 0.717) is 0 Å². The number of nitrogens with zero attached hydrogens (tertiary/aromatic N) is 1. The van der Waals surface area contributed by atoms with E-state index in [4.69, 9.17) is 9.47 Å². The standard InChI is InChI=1S/C40H32N2O6S2/c43-32(24-30-22-13-23-49-30)41-33-37(44)42-34(40(46)48-36(28-18-9-3-10-19-28)29-20-11-4-12-21-29)31(25-50-38(33)42)39(45)47-35(26-14-5-1-6-15-26)27-16-7-2-8-17-27/h1-23,33,35-36,38H,24-25H2,(H,41,43)/t33?,38-/m0/s1. The Bertz CT molecular complexity index is 1930. The molecule has 0 radical (unpaired) electrons. The maximum Gasteiger partial charge on any atom is 0.356 e. The maximum atomic E-state index is 14.4. The first-order valence-corrected chi connectivity index (χ1v) is 18.0. The van der Waals surface area contributed by atoms with E-state index in [2.05, 4.69) is 5.32 Å². The number of carbonyl (C=O) groups excluding carboxylic acids is 4. The quantitative estimate of drug-likeness (QED) is 0.122. The van der Waals surface area contributed by atoms with Gasteiger partial charge in [-0.1, -0.05) is 127 Å². The topological polar surface area (TPSA) is 102 Å². The maximum absolute atomic E-state index is 14.4. The molecule has 50 heavy (non-hydrogen) atoms. The number of hydrogen-bond donors (Lipinski definition) is 1. The van der Waals surface area contributed by atoms with Gasteiger partial charge in [0.15, 0.2) is 12.2 Å². The minimum Gasteiger partial charge on any atom is -0.449 e. The van der Waals surface area contributed by atoms with Crippen molar-refractivity contribution >= 4 is 46.9 Å². The summed E-state index contributed by atoms with van der Waals surface area (Å²) in [6.07, 6.45) is -1.45. The van der Waals surface area contributed by atoms with Gasteiger partial charge in [-0.15, -0.1) is 23.1 Å². The summed E-state index contributed by atoms with van der Waals surface area (Å²) in [5.74, 6) is -2.32. The molecule has 10 heteroatoms. The van der Waals surface area contributed by atoms with E-state index in [9.17, 15) is 19.2 Å². The minimum absolute atomic E-state index is 0.0182. The van der Waals surface area contributed by atoms with Crippen LogP contribution in [0.15, 0.2) is 150 Å². The van der Waals surface area contributed by atoms with Crippen LogP contribution >= 0.6 is 23.1 Å². The Kier molecular flexibility index (Phi) is 9.91. The van der Waals surface area contributed by atoms with Gasteiger partial charge in [-0.3, -0.25) is 14.5 Å². The van der Waals surface area contributed by atoms with E-state index in [1.807, 2.05) is 139 Å². The third kappa shape index (κ3) is 6.99. The molecule has 1 saturated heterocycles. The Balaban J connectivity index is 1.23. The van der Waals surface area contributed by atoms with E-state index >= 15 is 0 Å². The lowest BCUT2D eigenvalue weighted by molar-refractivity contribution is -0.155. The monoisotopic (exact) mass is 700 g/mol. The number of thiophene rings is 1. The summed E-state index contributed by atoms with van der Waals surface area (Å²) in [7, 11) is 0. The van der Waals surface area contributed by atoms with Crippen molar-refractivity contribution in [1.82, 2.24) is 10.2 Å². The van der Waals surface area contributed by atoms with Crippen LogP contribution in [0.1, 0.15) is 39.3 Å². The highest BCUT2D eigenvalue weighted by Crippen LogP contribution is 2.42. The normalized spacial score (nSPS) is 16.8. The fourth-order valence-corrected chi connectivity index (χ4v) is 8.10. The van der Waals surface area contributed by atoms with Gasteiger partial charge in [-0.05, 0) is 33.7 Å². The summed E-state index contributed by atoms with van der Waals surface area (Å²) in [4.78, 5) is 57.5. The van der Waals surface area contributed by atoms with Crippen LogP contribution in [0.5, 0.6) is 0 Å². The predicted octanol–water partition coefficient (Wildman–Crippen LogP) is 6.61. The largest absolute Gasteiger partial charge is 0.449 e. The predicted molar refractivity (Wildman–Crippen MR) is 192 cm³/mol. The zero-order valence-corrected chi connectivity index (χ0v) is 28.3. The first-order chi connectivity index (χ1) is 24.5. The Hall–Kier alpha value is -5.45. The molecule has 2 amide bonds. The molecule has 0 bridgehead atoms. The molecule has 250 valence electrons. The lowest BCUT2D eigenvalue weighted by Crippen LogP contribution is -2.71. The van der Waals surface area contributed by atoms with Gasteiger partial charge in [0.1, 0.15) is 17.1 Å². The molecule has 4 aromatic carbocycles. The zero-order chi connectivity index (χ0) is 34.5. The Labute approximate surface area is 297 Å². The molecule has 1 N–H and O–H groups in total. The molecule has 1 unspecified atom stereocenters. The fourth-order valence-electron chi connectivity index (χ4n) is 6.07. The second-order valence-corrected chi connectivity index (χ2v) is 13.9. The van der Waals surface area contributed by atoms with Gasteiger partial charge in [0.05, 0.1) is 12.0 Å². The number of fused-ring (bicyclic) bond motifs is 1. The molecule has 2 aliphatic heterocycles. The molecule has 5 aromatic rings. The van der Waals surface area contributed by atoms with E-state index < -0.39 is 41.5 Å². The number of thioether (sulfide) groups is 1. The highest BCUT2D eigenvalue weighted by Gasteiger charge is 2.55. The second kappa shape index (κ2) is 15.0. The van der Waals surface area contributed by atoms with Crippen molar-refractivity contribution in [1.29, 1.82) is 0 Å². The van der Waals surface area contributed by atoms with Crippen molar-refractivity contribution < 1.29 is 28.7 Å².